The maximum absolute atomic E-state index is 12.7. The SMILES string of the molecule is CC1CN(S(=O)(=O)c2ccc(CCCCl)cc2)C(C)CO1. The fourth-order valence-electron chi connectivity index (χ4n) is 2.44. The summed E-state index contributed by atoms with van der Waals surface area (Å²) in [4.78, 5) is 0.345. The van der Waals surface area contributed by atoms with Gasteiger partial charge in [-0.25, -0.2) is 8.42 Å². The number of morpholine rings is 1. The van der Waals surface area contributed by atoms with E-state index in [-0.39, 0.29) is 12.1 Å². The van der Waals surface area contributed by atoms with Crippen LogP contribution in [0, 0.1) is 0 Å². The molecule has 0 radical (unpaired) electrons. The van der Waals surface area contributed by atoms with Gasteiger partial charge < -0.3 is 4.74 Å². The first-order chi connectivity index (χ1) is 9.95. The molecule has 1 saturated heterocycles. The number of halogens is 1. The third-order valence-electron chi connectivity index (χ3n) is 3.68. The van der Waals surface area contributed by atoms with Crippen molar-refractivity contribution in [2.45, 2.75) is 43.7 Å². The van der Waals surface area contributed by atoms with Gasteiger partial charge in [0, 0.05) is 18.5 Å². The lowest BCUT2D eigenvalue weighted by molar-refractivity contribution is -0.0170. The zero-order valence-corrected chi connectivity index (χ0v) is 14.0. The molecule has 0 aliphatic carbocycles. The Morgan fingerprint density at radius 2 is 1.95 bits per heavy atom. The van der Waals surface area contributed by atoms with Gasteiger partial charge in [0.2, 0.25) is 10.0 Å². The molecule has 1 aliphatic rings. The van der Waals surface area contributed by atoms with E-state index in [0.29, 0.717) is 23.9 Å². The van der Waals surface area contributed by atoms with Crippen molar-refractivity contribution in [2.24, 2.45) is 0 Å². The minimum Gasteiger partial charge on any atom is -0.375 e. The zero-order chi connectivity index (χ0) is 15.5. The van der Waals surface area contributed by atoms with E-state index >= 15 is 0 Å². The molecule has 1 aromatic carbocycles. The summed E-state index contributed by atoms with van der Waals surface area (Å²) in [6.07, 6.45) is 1.69. The Balaban J connectivity index is 2.18. The number of ether oxygens (including phenoxy) is 1. The van der Waals surface area contributed by atoms with Crippen molar-refractivity contribution >= 4 is 21.6 Å². The molecule has 0 bridgehead atoms. The summed E-state index contributed by atoms with van der Waals surface area (Å²) in [7, 11) is -3.45. The van der Waals surface area contributed by atoms with Crippen LogP contribution in [-0.4, -0.2) is 43.9 Å². The second-order valence-electron chi connectivity index (χ2n) is 5.50. The van der Waals surface area contributed by atoms with Crippen LogP contribution < -0.4 is 0 Å². The number of benzene rings is 1. The molecule has 1 aromatic rings. The van der Waals surface area contributed by atoms with Crippen LogP contribution in [0.2, 0.25) is 0 Å². The van der Waals surface area contributed by atoms with Gasteiger partial charge in [0.15, 0.2) is 0 Å². The Kier molecular flexibility index (Phi) is 5.66. The monoisotopic (exact) mass is 331 g/mol. The summed E-state index contributed by atoms with van der Waals surface area (Å²) >= 11 is 5.67. The lowest BCUT2D eigenvalue weighted by Crippen LogP contribution is -2.50. The lowest BCUT2D eigenvalue weighted by atomic mass is 10.1. The van der Waals surface area contributed by atoms with Crippen LogP contribution in [0.4, 0.5) is 0 Å². The number of nitrogens with zero attached hydrogens (tertiary/aromatic N) is 1. The van der Waals surface area contributed by atoms with E-state index in [2.05, 4.69) is 0 Å². The highest BCUT2D eigenvalue weighted by atomic mass is 35.5. The van der Waals surface area contributed by atoms with Crippen molar-refractivity contribution in [1.82, 2.24) is 4.31 Å². The van der Waals surface area contributed by atoms with Gasteiger partial charge in [0.05, 0.1) is 17.6 Å². The molecule has 0 amide bonds. The van der Waals surface area contributed by atoms with Crippen molar-refractivity contribution in [3.05, 3.63) is 29.8 Å². The largest absolute Gasteiger partial charge is 0.375 e. The van der Waals surface area contributed by atoms with E-state index in [9.17, 15) is 8.42 Å². The summed E-state index contributed by atoms with van der Waals surface area (Å²) in [5, 5.41) is 0. The first-order valence-electron chi connectivity index (χ1n) is 7.23. The Bertz CT molecular complexity index is 559. The Morgan fingerprint density at radius 1 is 1.29 bits per heavy atom. The molecule has 2 unspecified atom stereocenters. The highest BCUT2D eigenvalue weighted by Crippen LogP contribution is 2.23. The van der Waals surface area contributed by atoms with Gasteiger partial charge in [0.1, 0.15) is 0 Å². The highest BCUT2D eigenvalue weighted by molar-refractivity contribution is 7.89. The van der Waals surface area contributed by atoms with Gasteiger partial charge in [-0.05, 0) is 44.4 Å². The van der Waals surface area contributed by atoms with Gasteiger partial charge >= 0.3 is 0 Å². The Labute approximate surface area is 132 Å². The number of alkyl halides is 1. The van der Waals surface area contributed by atoms with Gasteiger partial charge in [-0.15, -0.1) is 11.6 Å². The van der Waals surface area contributed by atoms with Crippen molar-refractivity contribution < 1.29 is 13.2 Å². The molecule has 0 aromatic heterocycles. The predicted molar refractivity (Wildman–Crippen MR) is 84.3 cm³/mol. The van der Waals surface area contributed by atoms with E-state index in [1.165, 1.54) is 4.31 Å². The van der Waals surface area contributed by atoms with Crippen LogP contribution in [-0.2, 0) is 21.2 Å². The molecule has 0 spiro atoms. The molecule has 2 rings (SSSR count). The third-order valence-corrected chi connectivity index (χ3v) is 5.94. The maximum atomic E-state index is 12.7. The van der Waals surface area contributed by atoms with Crippen LogP contribution in [0.15, 0.2) is 29.2 Å². The number of rotatable bonds is 5. The van der Waals surface area contributed by atoms with Crippen molar-refractivity contribution in [3.63, 3.8) is 0 Å². The molecule has 21 heavy (non-hydrogen) atoms. The van der Waals surface area contributed by atoms with Crippen LogP contribution in [0.3, 0.4) is 0 Å². The number of hydrogen-bond acceptors (Lipinski definition) is 3. The van der Waals surface area contributed by atoms with Gasteiger partial charge in [-0.1, -0.05) is 12.1 Å². The van der Waals surface area contributed by atoms with Crippen LogP contribution in [0.25, 0.3) is 0 Å². The summed E-state index contributed by atoms with van der Waals surface area (Å²) in [6.45, 7) is 4.60. The quantitative estimate of drug-likeness (QED) is 0.779. The number of sulfonamides is 1. The van der Waals surface area contributed by atoms with E-state index in [1.807, 2.05) is 26.0 Å². The fraction of sp³-hybridized carbons (Fsp3) is 0.600. The molecule has 1 heterocycles. The zero-order valence-electron chi connectivity index (χ0n) is 12.5. The fourth-order valence-corrected chi connectivity index (χ4v) is 4.27. The van der Waals surface area contributed by atoms with E-state index < -0.39 is 10.0 Å². The second kappa shape index (κ2) is 7.09. The molecule has 1 aliphatic heterocycles. The number of hydrogen-bond donors (Lipinski definition) is 0. The van der Waals surface area contributed by atoms with E-state index in [4.69, 9.17) is 16.3 Å². The summed E-state index contributed by atoms with van der Waals surface area (Å²) in [6, 6.07) is 6.97. The molecular weight excluding hydrogens is 310 g/mol. The summed E-state index contributed by atoms with van der Waals surface area (Å²) < 4.78 is 32.5. The average molecular weight is 332 g/mol. The lowest BCUT2D eigenvalue weighted by Gasteiger charge is -2.35. The molecule has 2 atom stereocenters. The summed E-state index contributed by atoms with van der Waals surface area (Å²) in [5.74, 6) is 0.614. The normalized spacial score (nSPS) is 24.1. The van der Waals surface area contributed by atoms with Crippen molar-refractivity contribution in [2.75, 3.05) is 19.0 Å². The van der Waals surface area contributed by atoms with Crippen LogP contribution in [0.1, 0.15) is 25.8 Å². The minimum atomic E-state index is -3.45. The average Bonchev–Trinajstić information content (AvgIpc) is 2.48. The van der Waals surface area contributed by atoms with E-state index in [0.717, 1.165) is 18.4 Å². The second-order valence-corrected chi connectivity index (χ2v) is 7.77. The van der Waals surface area contributed by atoms with Gasteiger partial charge in [0.25, 0.3) is 0 Å². The van der Waals surface area contributed by atoms with Crippen molar-refractivity contribution in [3.8, 4) is 0 Å². The van der Waals surface area contributed by atoms with Crippen LogP contribution >= 0.6 is 11.6 Å². The topological polar surface area (TPSA) is 46.6 Å². The molecule has 0 saturated carbocycles. The van der Waals surface area contributed by atoms with Gasteiger partial charge in [-0.3, -0.25) is 0 Å². The predicted octanol–water partition coefficient (Wildman–Crippen LogP) is 2.66. The third kappa shape index (κ3) is 3.97. The minimum absolute atomic E-state index is 0.0704. The molecule has 0 N–H and O–H groups in total. The van der Waals surface area contributed by atoms with E-state index in [1.54, 1.807) is 12.1 Å². The molecular formula is C15H22ClNO3S. The number of aryl methyl sites for hydroxylation is 1. The first kappa shape index (κ1) is 16.7. The first-order valence-corrected chi connectivity index (χ1v) is 9.21. The smallest absolute Gasteiger partial charge is 0.243 e. The molecule has 6 heteroatoms. The molecule has 1 fully saturated rings. The standard InChI is InChI=1S/C15H22ClNO3S/c1-12-11-20-13(2)10-17(12)21(18,19)15-7-5-14(6-8-15)4-3-9-16/h5-8,12-13H,3-4,9-11H2,1-2H3. The Morgan fingerprint density at radius 3 is 2.57 bits per heavy atom. The maximum Gasteiger partial charge on any atom is 0.243 e. The Hall–Kier alpha value is -0.620. The van der Waals surface area contributed by atoms with Gasteiger partial charge in [-0.2, -0.15) is 4.31 Å². The van der Waals surface area contributed by atoms with Crippen LogP contribution in [0.5, 0.6) is 0 Å². The summed E-state index contributed by atoms with van der Waals surface area (Å²) in [5.41, 5.74) is 1.11. The molecule has 4 nitrogen and oxygen atoms in total. The van der Waals surface area contributed by atoms with Crippen molar-refractivity contribution in [1.29, 1.82) is 0 Å². The highest BCUT2D eigenvalue weighted by Gasteiger charge is 2.33. The molecule has 118 valence electrons.